The zero-order valence-electron chi connectivity index (χ0n) is 48.1. The lowest BCUT2D eigenvalue weighted by Gasteiger charge is -2.45. The molecular weight excluding hydrogens is 1110 g/mol. The molecule has 10 N–H and O–H groups in total. The van der Waals surface area contributed by atoms with E-state index in [-0.39, 0.29) is 36.8 Å². The second-order valence-corrected chi connectivity index (χ2v) is 22.5. The molecule has 7 amide bonds. The predicted molar refractivity (Wildman–Crippen MR) is 318 cm³/mol. The summed E-state index contributed by atoms with van der Waals surface area (Å²) in [5.41, 5.74) is 9.03. The number of aromatic nitrogens is 4. The van der Waals surface area contributed by atoms with Gasteiger partial charge in [-0.15, -0.1) is 0 Å². The first-order valence-corrected chi connectivity index (χ1v) is 28.7. The number of methoxy groups -OCH3 is 1. The van der Waals surface area contributed by atoms with Gasteiger partial charge in [-0.1, -0.05) is 48.2 Å². The van der Waals surface area contributed by atoms with Gasteiger partial charge in [0.2, 0.25) is 29.6 Å². The van der Waals surface area contributed by atoms with Crippen molar-refractivity contribution in [1.29, 1.82) is 0 Å². The molecular formula is C61H71N13O12. The number of piperidine rings is 2. The number of aryl methyl sites for hydroxylation is 1. The van der Waals surface area contributed by atoms with Crippen LogP contribution in [-0.4, -0.2) is 176 Å². The van der Waals surface area contributed by atoms with E-state index in [1.54, 1.807) is 41.3 Å². The molecule has 86 heavy (non-hydrogen) atoms. The lowest BCUT2D eigenvalue weighted by Crippen LogP contribution is -2.59. The normalized spacial score (nSPS) is 18.0. The maximum Gasteiger partial charge on any atom is 0.405 e. The van der Waals surface area contributed by atoms with Crippen molar-refractivity contribution < 1.29 is 53.6 Å². The van der Waals surface area contributed by atoms with E-state index < -0.39 is 73.1 Å². The third-order valence-electron chi connectivity index (χ3n) is 16.7. The number of pyridine rings is 1. The molecule has 452 valence electrons. The van der Waals surface area contributed by atoms with E-state index in [2.05, 4.69) is 55.6 Å². The highest BCUT2D eigenvalue weighted by atomic mass is 16.5. The molecule has 6 aromatic rings. The van der Waals surface area contributed by atoms with E-state index in [4.69, 9.17) is 30.3 Å². The fourth-order valence-corrected chi connectivity index (χ4v) is 11.6. The standard InChI is InChI=1S/C61H71N13O12/c1-60(65-23-7-8-37-11-16-49(85-3)48(30-37)73-27-20-51(78)74(59(73)84)36-64-54(79)46(32-50(62)77)66-55(80)47(34-75)68-58(82)83)21-28-71(29-22-60)40-18-25-72(26-19-40)57-67-45-15-12-38(44-33-70(2)56(81)52-42(44)17-24-63-52)31-43(45)53(69-57)61(35-76,86-41-13-14-41)39-9-5-4-6-10-39/h4-6,9-12,15-17,24,30-31,33,40-41,46-47,63,65,68,75-76H,13-14,18-23,25-29,32,34-36H2,1-3H3,(H2,62,77)(H,64,79)(H,66,80)(H,82,83). The monoisotopic (exact) mass is 1180 g/mol. The van der Waals surface area contributed by atoms with E-state index in [1.807, 2.05) is 54.7 Å². The third kappa shape index (κ3) is 13.0. The van der Waals surface area contributed by atoms with E-state index in [9.17, 15) is 43.8 Å². The number of H-pyrrole nitrogens is 1. The highest BCUT2D eigenvalue weighted by Gasteiger charge is 2.44. The number of primary amides is 1. The maximum atomic E-state index is 13.9. The van der Waals surface area contributed by atoms with E-state index >= 15 is 0 Å². The number of amides is 7. The summed E-state index contributed by atoms with van der Waals surface area (Å²) in [5.74, 6) is 3.60. The Morgan fingerprint density at radius 1 is 0.895 bits per heavy atom. The van der Waals surface area contributed by atoms with Crippen molar-refractivity contribution in [2.45, 2.75) is 93.7 Å². The molecule has 3 unspecified atom stereocenters. The number of aliphatic hydroxyl groups is 2. The number of hydrogen-bond donors (Lipinski definition) is 9. The first kappa shape index (κ1) is 60.2. The molecule has 25 nitrogen and oxygen atoms in total. The fourth-order valence-electron chi connectivity index (χ4n) is 11.6. The topological polar surface area (TPSA) is 332 Å². The molecule has 3 saturated heterocycles. The first-order chi connectivity index (χ1) is 41.4. The Balaban J connectivity index is 0.769. The van der Waals surface area contributed by atoms with Crippen molar-refractivity contribution >= 4 is 69.2 Å². The number of hydrogen-bond acceptors (Lipinski definition) is 16. The largest absolute Gasteiger partial charge is 0.495 e. The van der Waals surface area contributed by atoms with Crippen molar-refractivity contribution in [2.75, 3.05) is 76.1 Å². The summed E-state index contributed by atoms with van der Waals surface area (Å²) in [6.45, 7) is 3.93. The highest BCUT2D eigenvalue weighted by Crippen LogP contribution is 2.44. The second kappa shape index (κ2) is 25.7. The Labute approximate surface area is 495 Å². The van der Waals surface area contributed by atoms with Crippen molar-refractivity contribution in [3.8, 4) is 28.7 Å². The van der Waals surface area contributed by atoms with E-state index in [0.29, 0.717) is 46.7 Å². The zero-order chi connectivity index (χ0) is 60.9. The SMILES string of the molecule is COc1ccc(C#CCNC2(C)CCN(C3CCN(c4nc(C(CO)(OC5CC5)c5ccccc5)c5cc(-c6cn(C)c(=O)c7[nH]ccc67)ccc5n4)CC3)CC2)cc1N1CCC(=O)N(CNC(=O)C(CC(N)=O)NC(=O)C(CO)NC(=O)O)C1=O. The van der Waals surface area contributed by atoms with Crippen LogP contribution in [0.25, 0.3) is 32.9 Å². The number of nitrogens with one attached hydrogen (secondary N) is 5. The predicted octanol–water partition coefficient (Wildman–Crippen LogP) is 2.59. The van der Waals surface area contributed by atoms with Gasteiger partial charge in [0.25, 0.3) is 5.56 Å². The summed E-state index contributed by atoms with van der Waals surface area (Å²) in [7, 11) is 3.18. The Kier molecular flexibility index (Phi) is 18.0. The molecule has 0 bridgehead atoms. The summed E-state index contributed by atoms with van der Waals surface area (Å²) in [5, 5.41) is 41.6. The van der Waals surface area contributed by atoms with Crippen molar-refractivity contribution in [2.24, 2.45) is 12.8 Å². The summed E-state index contributed by atoms with van der Waals surface area (Å²) < 4.78 is 14.1. The molecule has 3 aliphatic heterocycles. The van der Waals surface area contributed by atoms with Gasteiger partial charge in [0, 0.05) is 92.1 Å². The fraction of sp³-hybridized carbons (Fsp3) is 0.426. The maximum absolute atomic E-state index is 13.9. The number of ether oxygens (including phenoxy) is 2. The summed E-state index contributed by atoms with van der Waals surface area (Å²) in [6, 6.07) is 19.2. The number of carbonyl (C=O) groups excluding carboxylic acids is 5. The number of aliphatic hydroxyl groups excluding tert-OH is 2. The number of likely N-dealkylation sites (tertiary alicyclic amines) is 1. The van der Waals surface area contributed by atoms with Crippen LogP contribution < -0.4 is 47.1 Å². The molecule has 3 atom stereocenters. The van der Waals surface area contributed by atoms with Gasteiger partial charge in [-0.25, -0.2) is 24.5 Å². The van der Waals surface area contributed by atoms with Crippen molar-refractivity contribution in [1.82, 2.24) is 50.6 Å². The number of benzene rings is 3. The van der Waals surface area contributed by atoms with Gasteiger partial charge in [-0.2, -0.15) is 0 Å². The van der Waals surface area contributed by atoms with Crippen LogP contribution >= 0.6 is 0 Å². The van der Waals surface area contributed by atoms with Gasteiger partial charge >= 0.3 is 12.1 Å². The van der Waals surface area contributed by atoms with Crippen LogP contribution in [0, 0.1) is 11.8 Å². The van der Waals surface area contributed by atoms with Gasteiger partial charge in [-0.05, 0) is 93.0 Å². The van der Waals surface area contributed by atoms with Gasteiger partial charge in [-0.3, -0.25) is 28.9 Å². The number of nitrogens with two attached hydrogens (primary N) is 1. The van der Waals surface area contributed by atoms with Crippen molar-refractivity contribution in [3.05, 3.63) is 112 Å². The van der Waals surface area contributed by atoms with Crippen LogP contribution in [0.15, 0.2) is 90.0 Å². The van der Waals surface area contributed by atoms with Gasteiger partial charge < -0.3 is 71.1 Å². The molecule has 1 saturated carbocycles. The molecule has 0 radical (unpaired) electrons. The van der Waals surface area contributed by atoms with Crippen LogP contribution in [0.5, 0.6) is 5.75 Å². The second-order valence-electron chi connectivity index (χ2n) is 22.5. The summed E-state index contributed by atoms with van der Waals surface area (Å²) in [6.07, 6.45) is 6.55. The quantitative estimate of drug-likeness (QED) is 0.0468. The Morgan fingerprint density at radius 2 is 1.65 bits per heavy atom. The molecule has 6 heterocycles. The Morgan fingerprint density at radius 3 is 2.34 bits per heavy atom. The molecule has 3 aromatic heterocycles. The van der Waals surface area contributed by atoms with Crippen LogP contribution in [0.3, 0.4) is 0 Å². The molecule has 25 heteroatoms. The lowest BCUT2D eigenvalue weighted by molar-refractivity contribution is -0.134. The Bertz CT molecular complexity index is 3680. The van der Waals surface area contributed by atoms with Gasteiger partial charge in [0.1, 0.15) is 30.0 Å². The van der Waals surface area contributed by atoms with Crippen LogP contribution in [0.4, 0.5) is 21.2 Å². The summed E-state index contributed by atoms with van der Waals surface area (Å²) in [4.78, 5) is 109. The number of carbonyl (C=O) groups is 6. The number of carboxylic acid groups (broad SMARTS) is 1. The average molecular weight is 1180 g/mol. The zero-order valence-corrected chi connectivity index (χ0v) is 48.1. The third-order valence-corrected chi connectivity index (χ3v) is 16.7. The number of rotatable bonds is 21. The minimum absolute atomic E-state index is 0.0105. The van der Waals surface area contributed by atoms with Gasteiger partial charge in [0.15, 0.2) is 5.60 Å². The number of anilines is 2. The van der Waals surface area contributed by atoms with Crippen LogP contribution in [0.1, 0.15) is 75.1 Å². The molecule has 0 spiro atoms. The average Bonchev–Trinajstić information content (AvgIpc) is 1.18. The summed E-state index contributed by atoms with van der Waals surface area (Å²) >= 11 is 0. The minimum Gasteiger partial charge on any atom is -0.495 e. The number of nitrogens with zero attached hydrogens (tertiary/aromatic N) is 7. The number of imide groups is 1. The Hall–Kier alpha value is -8.93. The van der Waals surface area contributed by atoms with E-state index in [0.717, 1.165) is 103 Å². The van der Waals surface area contributed by atoms with E-state index in [1.165, 1.54) is 12.0 Å². The number of fused-ring (bicyclic) bond motifs is 2. The number of aromatic amines is 1. The lowest BCUT2D eigenvalue weighted by atomic mass is 9.87. The molecule has 4 fully saturated rings. The smallest absolute Gasteiger partial charge is 0.405 e. The van der Waals surface area contributed by atoms with Crippen molar-refractivity contribution in [3.63, 3.8) is 0 Å². The van der Waals surface area contributed by atoms with Gasteiger partial charge in [0.05, 0.1) is 56.3 Å². The highest BCUT2D eigenvalue weighted by molar-refractivity contribution is 6.07. The molecule has 1 aliphatic carbocycles. The minimum atomic E-state index is -1.67. The molecule has 4 aliphatic rings. The first-order valence-electron chi connectivity index (χ1n) is 28.7. The number of urea groups is 1. The molecule has 10 rings (SSSR count). The van der Waals surface area contributed by atoms with Crippen LogP contribution in [-0.2, 0) is 36.6 Å². The molecule has 3 aromatic carbocycles. The van der Waals surface area contributed by atoms with Crippen LogP contribution in [0.2, 0.25) is 0 Å².